The molecule has 1 aromatic heterocycles. The Morgan fingerprint density at radius 1 is 1.05 bits per heavy atom. The minimum atomic E-state index is -0.166. The van der Waals surface area contributed by atoms with E-state index in [9.17, 15) is 4.79 Å². The van der Waals surface area contributed by atoms with Gasteiger partial charge in [-0.1, -0.05) is 12.1 Å². The number of ether oxygens (including phenoxy) is 1. The van der Waals surface area contributed by atoms with E-state index in [0.29, 0.717) is 13.1 Å². The highest BCUT2D eigenvalue weighted by atomic mass is 16.5. The maximum absolute atomic E-state index is 11.6. The van der Waals surface area contributed by atoms with Gasteiger partial charge in [-0.15, -0.1) is 0 Å². The van der Waals surface area contributed by atoms with Crippen molar-refractivity contribution in [1.29, 1.82) is 0 Å². The van der Waals surface area contributed by atoms with Crippen LogP contribution in [0.3, 0.4) is 0 Å². The molecule has 110 valence electrons. The van der Waals surface area contributed by atoms with Gasteiger partial charge in [-0.3, -0.25) is 4.98 Å². The smallest absolute Gasteiger partial charge is 0.315 e. The number of hydrogen-bond acceptors (Lipinski definition) is 3. The highest BCUT2D eigenvalue weighted by Crippen LogP contribution is 2.11. The molecule has 5 heteroatoms. The monoisotopic (exact) mass is 285 g/mol. The number of carbonyl (C=O) groups is 1. The fourth-order valence-electron chi connectivity index (χ4n) is 1.86. The van der Waals surface area contributed by atoms with Crippen LogP contribution in [0.25, 0.3) is 0 Å². The summed E-state index contributed by atoms with van der Waals surface area (Å²) >= 11 is 0. The second kappa shape index (κ2) is 7.89. The van der Waals surface area contributed by atoms with E-state index >= 15 is 0 Å². The summed E-state index contributed by atoms with van der Waals surface area (Å²) in [5, 5.41) is 5.64. The first-order valence-electron chi connectivity index (χ1n) is 6.81. The standard InChI is InChI=1S/C16H19N3O2/c1-21-15-4-2-13(3-5-15)8-11-18-16(20)19-12-14-6-9-17-10-7-14/h2-7,9-10H,8,11-12H2,1H3,(H2,18,19,20). The lowest BCUT2D eigenvalue weighted by Gasteiger charge is -2.08. The highest BCUT2D eigenvalue weighted by Gasteiger charge is 2.00. The summed E-state index contributed by atoms with van der Waals surface area (Å²) in [4.78, 5) is 15.6. The number of amides is 2. The maximum atomic E-state index is 11.6. The zero-order valence-electron chi connectivity index (χ0n) is 12.0. The lowest BCUT2D eigenvalue weighted by atomic mass is 10.1. The van der Waals surface area contributed by atoms with Crippen LogP contribution in [0.4, 0.5) is 4.79 Å². The molecule has 0 bridgehead atoms. The number of urea groups is 1. The van der Waals surface area contributed by atoms with Crippen molar-refractivity contribution in [1.82, 2.24) is 15.6 Å². The average Bonchev–Trinajstić information content (AvgIpc) is 2.54. The molecule has 0 fully saturated rings. The zero-order chi connectivity index (χ0) is 14.9. The third-order valence-electron chi connectivity index (χ3n) is 3.06. The number of nitrogens with zero attached hydrogens (tertiary/aromatic N) is 1. The Hall–Kier alpha value is -2.56. The van der Waals surface area contributed by atoms with Crippen molar-refractivity contribution in [3.8, 4) is 5.75 Å². The van der Waals surface area contributed by atoms with Crippen LogP contribution in [-0.2, 0) is 13.0 Å². The topological polar surface area (TPSA) is 63.2 Å². The van der Waals surface area contributed by atoms with E-state index in [4.69, 9.17) is 4.74 Å². The predicted molar refractivity (Wildman–Crippen MR) is 81.2 cm³/mol. The summed E-state index contributed by atoms with van der Waals surface area (Å²) in [5.41, 5.74) is 2.18. The molecule has 0 saturated carbocycles. The molecule has 0 aliphatic heterocycles. The molecule has 0 spiro atoms. The number of nitrogens with one attached hydrogen (secondary N) is 2. The van der Waals surface area contributed by atoms with Crippen molar-refractivity contribution in [2.24, 2.45) is 0 Å². The van der Waals surface area contributed by atoms with E-state index in [1.165, 1.54) is 0 Å². The maximum Gasteiger partial charge on any atom is 0.315 e. The third-order valence-corrected chi connectivity index (χ3v) is 3.06. The first kappa shape index (κ1) is 14.8. The molecule has 0 atom stereocenters. The SMILES string of the molecule is COc1ccc(CCNC(=O)NCc2ccncc2)cc1. The van der Waals surface area contributed by atoms with E-state index in [1.807, 2.05) is 36.4 Å². The number of rotatable bonds is 6. The number of pyridine rings is 1. The van der Waals surface area contributed by atoms with Gasteiger partial charge in [0.1, 0.15) is 5.75 Å². The molecule has 0 radical (unpaired) electrons. The Balaban J connectivity index is 1.66. The number of benzene rings is 1. The lowest BCUT2D eigenvalue weighted by molar-refractivity contribution is 0.240. The summed E-state index contributed by atoms with van der Waals surface area (Å²) < 4.78 is 5.10. The summed E-state index contributed by atoms with van der Waals surface area (Å²) in [5.74, 6) is 0.835. The molecular formula is C16H19N3O2. The Morgan fingerprint density at radius 2 is 1.76 bits per heavy atom. The molecule has 0 aliphatic rings. The van der Waals surface area contributed by atoms with Crippen LogP contribution >= 0.6 is 0 Å². The molecular weight excluding hydrogens is 266 g/mol. The van der Waals surface area contributed by atoms with Gasteiger partial charge in [-0.2, -0.15) is 0 Å². The lowest BCUT2D eigenvalue weighted by Crippen LogP contribution is -2.36. The fraction of sp³-hybridized carbons (Fsp3) is 0.250. The van der Waals surface area contributed by atoms with Gasteiger partial charge in [0.2, 0.25) is 0 Å². The first-order chi connectivity index (χ1) is 10.3. The molecule has 2 aromatic rings. The van der Waals surface area contributed by atoms with Crippen LogP contribution in [0.1, 0.15) is 11.1 Å². The molecule has 0 saturated heterocycles. The van der Waals surface area contributed by atoms with Gasteiger partial charge >= 0.3 is 6.03 Å². The Morgan fingerprint density at radius 3 is 2.43 bits per heavy atom. The molecule has 2 rings (SSSR count). The van der Waals surface area contributed by atoms with E-state index in [1.54, 1.807) is 19.5 Å². The Kier molecular flexibility index (Phi) is 5.58. The number of methoxy groups -OCH3 is 1. The molecule has 1 aromatic carbocycles. The van der Waals surface area contributed by atoms with Crippen molar-refractivity contribution in [3.05, 3.63) is 59.9 Å². The number of aromatic nitrogens is 1. The summed E-state index contributed by atoms with van der Waals surface area (Å²) in [7, 11) is 1.64. The number of hydrogen-bond donors (Lipinski definition) is 2. The molecule has 2 amide bonds. The van der Waals surface area contributed by atoms with Crippen molar-refractivity contribution < 1.29 is 9.53 Å². The van der Waals surface area contributed by atoms with Gasteiger partial charge in [0.15, 0.2) is 0 Å². The van der Waals surface area contributed by atoms with Gasteiger partial charge in [0.25, 0.3) is 0 Å². The third kappa shape index (κ3) is 5.14. The van der Waals surface area contributed by atoms with Crippen molar-refractivity contribution in [3.63, 3.8) is 0 Å². The van der Waals surface area contributed by atoms with Gasteiger partial charge in [0, 0.05) is 25.5 Å². The molecule has 0 unspecified atom stereocenters. The van der Waals surface area contributed by atoms with Crippen LogP contribution in [0.5, 0.6) is 5.75 Å². The van der Waals surface area contributed by atoms with Crippen LogP contribution in [0.2, 0.25) is 0 Å². The van der Waals surface area contributed by atoms with E-state index in [-0.39, 0.29) is 6.03 Å². The van der Waals surface area contributed by atoms with Crippen molar-refractivity contribution >= 4 is 6.03 Å². The normalized spacial score (nSPS) is 9.95. The molecule has 0 aliphatic carbocycles. The van der Waals surface area contributed by atoms with Gasteiger partial charge in [-0.25, -0.2) is 4.79 Å². The summed E-state index contributed by atoms with van der Waals surface area (Å²) in [6.07, 6.45) is 4.20. The van der Waals surface area contributed by atoms with Crippen LogP contribution in [0.15, 0.2) is 48.8 Å². The van der Waals surface area contributed by atoms with E-state index in [0.717, 1.165) is 23.3 Å². The van der Waals surface area contributed by atoms with E-state index < -0.39 is 0 Å². The number of carbonyl (C=O) groups excluding carboxylic acids is 1. The van der Waals surface area contributed by atoms with Gasteiger partial charge < -0.3 is 15.4 Å². The highest BCUT2D eigenvalue weighted by molar-refractivity contribution is 5.73. The average molecular weight is 285 g/mol. The van der Waals surface area contributed by atoms with Crippen molar-refractivity contribution in [2.75, 3.05) is 13.7 Å². The zero-order valence-corrected chi connectivity index (χ0v) is 12.0. The summed E-state index contributed by atoms with van der Waals surface area (Å²) in [6, 6.07) is 11.4. The quantitative estimate of drug-likeness (QED) is 0.854. The first-order valence-corrected chi connectivity index (χ1v) is 6.81. The van der Waals surface area contributed by atoms with Crippen LogP contribution < -0.4 is 15.4 Å². The minimum absolute atomic E-state index is 0.166. The molecule has 5 nitrogen and oxygen atoms in total. The molecule has 21 heavy (non-hydrogen) atoms. The summed E-state index contributed by atoms with van der Waals surface area (Å²) in [6.45, 7) is 1.09. The minimum Gasteiger partial charge on any atom is -0.497 e. The predicted octanol–water partition coefficient (Wildman–Crippen LogP) is 2.13. The fourth-order valence-corrected chi connectivity index (χ4v) is 1.86. The molecule has 2 N–H and O–H groups in total. The second-order valence-electron chi connectivity index (χ2n) is 4.56. The Labute approximate surface area is 124 Å². The second-order valence-corrected chi connectivity index (χ2v) is 4.56. The molecule has 1 heterocycles. The Bertz CT molecular complexity index is 555. The van der Waals surface area contributed by atoms with Gasteiger partial charge in [0.05, 0.1) is 7.11 Å². The van der Waals surface area contributed by atoms with Crippen LogP contribution in [0, 0.1) is 0 Å². The van der Waals surface area contributed by atoms with Gasteiger partial charge in [-0.05, 0) is 41.8 Å². The van der Waals surface area contributed by atoms with Crippen molar-refractivity contribution in [2.45, 2.75) is 13.0 Å². The van der Waals surface area contributed by atoms with Crippen LogP contribution in [-0.4, -0.2) is 24.7 Å². The van der Waals surface area contributed by atoms with E-state index in [2.05, 4.69) is 15.6 Å². The largest absolute Gasteiger partial charge is 0.497 e.